The number of benzene rings is 2. The summed E-state index contributed by atoms with van der Waals surface area (Å²) in [7, 11) is 0. The Kier molecular flexibility index (Phi) is 8.40. The maximum absolute atomic E-state index is 12.3. The molecule has 2 N–H and O–H groups in total. The second-order valence-corrected chi connectivity index (χ2v) is 8.33. The largest absolute Gasteiger partial charge is 0.444 e. The summed E-state index contributed by atoms with van der Waals surface area (Å²) in [5.74, 6) is -0.342. The van der Waals surface area contributed by atoms with Crippen LogP contribution in [0.3, 0.4) is 0 Å². The highest BCUT2D eigenvalue weighted by molar-refractivity contribution is 5.68. The fourth-order valence-electron chi connectivity index (χ4n) is 3.19. The number of aliphatic hydroxyl groups is 1. The maximum atomic E-state index is 12.3. The predicted octanol–water partition coefficient (Wildman–Crippen LogP) is 3.93. The van der Waals surface area contributed by atoms with E-state index in [1.54, 1.807) is 20.8 Å². The molecule has 2 aromatic carbocycles. The van der Waals surface area contributed by atoms with Crippen molar-refractivity contribution in [3.63, 3.8) is 0 Å². The summed E-state index contributed by atoms with van der Waals surface area (Å²) >= 11 is 0. The van der Waals surface area contributed by atoms with E-state index in [4.69, 9.17) is 4.74 Å². The highest BCUT2D eigenvalue weighted by Gasteiger charge is 2.27. The van der Waals surface area contributed by atoms with E-state index in [1.165, 1.54) is 0 Å². The van der Waals surface area contributed by atoms with E-state index in [9.17, 15) is 14.7 Å². The molecule has 0 saturated heterocycles. The molecule has 5 heteroatoms. The van der Waals surface area contributed by atoms with Gasteiger partial charge in [0.2, 0.25) is 0 Å². The van der Waals surface area contributed by atoms with E-state index in [0.717, 1.165) is 17.4 Å². The van der Waals surface area contributed by atoms with Crippen LogP contribution in [0.1, 0.15) is 38.3 Å². The minimum atomic E-state index is -0.887. The zero-order valence-corrected chi connectivity index (χ0v) is 17.4. The third-order valence-corrected chi connectivity index (χ3v) is 4.54. The van der Waals surface area contributed by atoms with Gasteiger partial charge in [0.05, 0.1) is 12.1 Å². The lowest BCUT2D eigenvalue weighted by molar-refractivity contribution is -0.112. The summed E-state index contributed by atoms with van der Waals surface area (Å²) < 4.78 is 5.35. The van der Waals surface area contributed by atoms with Crippen LogP contribution in [0, 0.1) is 5.92 Å². The summed E-state index contributed by atoms with van der Waals surface area (Å²) in [6, 6.07) is 18.8. The second-order valence-electron chi connectivity index (χ2n) is 8.33. The van der Waals surface area contributed by atoms with E-state index >= 15 is 0 Å². The van der Waals surface area contributed by atoms with Gasteiger partial charge >= 0.3 is 6.09 Å². The quantitative estimate of drug-likeness (QED) is 0.629. The fraction of sp³-hybridized carbons (Fsp3) is 0.417. The minimum Gasteiger partial charge on any atom is -0.444 e. The van der Waals surface area contributed by atoms with Gasteiger partial charge in [-0.3, -0.25) is 0 Å². The summed E-state index contributed by atoms with van der Waals surface area (Å²) in [5, 5.41) is 13.7. The number of nitrogens with one attached hydrogen (secondary N) is 1. The smallest absolute Gasteiger partial charge is 0.407 e. The molecule has 156 valence electrons. The third-order valence-electron chi connectivity index (χ3n) is 4.54. The van der Waals surface area contributed by atoms with Gasteiger partial charge in [-0.15, -0.1) is 0 Å². The van der Waals surface area contributed by atoms with Crippen LogP contribution in [-0.2, 0) is 22.4 Å². The monoisotopic (exact) mass is 397 g/mol. The van der Waals surface area contributed by atoms with E-state index in [-0.39, 0.29) is 12.3 Å². The van der Waals surface area contributed by atoms with Gasteiger partial charge in [0, 0.05) is 5.92 Å². The van der Waals surface area contributed by atoms with Crippen LogP contribution in [0.25, 0.3) is 0 Å². The third kappa shape index (κ3) is 8.48. The van der Waals surface area contributed by atoms with Crippen molar-refractivity contribution < 1.29 is 19.4 Å². The topological polar surface area (TPSA) is 75.6 Å². The van der Waals surface area contributed by atoms with Crippen molar-refractivity contribution in [2.24, 2.45) is 5.92 Å². The highest BCUT2D eigenvalue weighted by atomic mass is 16.6. The number of hydrogen-bond acceptors (Lipinski definition) is 4. The Morgan fingerprint density at radius 3 is 2.00 bits per heavy atom. The molecule has 1 amide bonds. The molecule has 0 aliphatic heterocycles. The van der Waals surface area contributed by atoms with Gasteiger partial charge in [-0.1, -0.05) is 60.7 Å². The minimum absolute atomic E-state index is 0.256. The van der Waals surface area contributed by atoms with Crippen molar-refractivity contribution in [1.29, 1.82) is 0 Å². The summed E-state index contributed by atoms with van der Waals surface area (Å²) in [6.07, 6.45) is 0.656. The molecule has 0 aromatic heterocycles. The van der Waals surface area contributed by atoms with Crippen molar-refractivity contribution in [3.8, 4) is 0 Å². The van der Waals surface area contributed by atoms with Crippen LogP contribution in [0.4, 0.5) is 4.79 Å². The summed E-state index contributed by atoms with van der Waals surface area (Å²) in [4.78, 5) is 23.9. The number of hydrogen-bond donors (Lipinski definition) is 2. The Bertz CT molecular complexity index is 755. The van der Waals surface area contributed by atoms with E-state index in [2.05, 4.69) is 5.32 Å². The number of ether oxygens (including phenoxy) is 1. The molecule has 2 aromatic rings. The molecule has 3 atom stereocenters. The maximum Gasteiger partial charge on any atom is 0.407 e. The molecule has 5 nitrogen and oxygen atoms in total. The van der Waals surface area contributed by atoms with Crippen molar-refractivity contribution >= 4 is 12.4 Å². The Morgan fingerprint density at radius 1 is 1.00 bits per heavy atom. The number of alkyl carbamates (subject to hydrolysis) is 1. The predicted molar refractivity (Wildman–Crippen MR) is 114 cm³/mol. The molecule has 2 rings (SSSR count). The van der Waals surface area contributed by atoms with Gasteiger partial charge in [0.1, 0.15) is 11.9 Å². The molecule has 0 unspecified atom stereocenters. The number of aliphatic hydroxyl groups excluding tert-OH is 1. The van der Waals surface area contributed by atoms with Crippen molar-refractivity contribution in [2.75, 3.05) is 0 Å². The average Bonchev–Trinajstić information content (AvgIpc) is 2.67. The lowest BCUT2D eigenvalue weighted by Crippen LogP contribution is -2.47. The Balaban J connectivity index is 2.08. The fourth-order valence-corrected chi connectivity index (χ4v) is 3.19. The van der Waals surface area contributed by atoms with Crippen LogP contribution in [0.15, 0.2) is 60.7 Å². The van der Waals surface area contributed by atoms with Gasteiger partial charge in [-0.2, -0.15) is 0 Å². The van der Waals surface area contributed by atoms with E-state index < -0.39 is 23.8 Å². The van der Waals surface area contributed by atoms with Crippen LogP contribution < -0.4 is 5.32 Å². The molecular weight excluding hydrogens is 366 g/mol. The van der Waals surface area contributed by atoms with Gasteiger partial charge in [-0.25, -0.2) is 4.79 Å². The standard InChI is InChI=1S/C24H31NO4/c1-24(2,3)29-23(28)25-21(15-19-12-8-5-9-13-19)22(27)16-20(17-26)14-18-10-6-4-7-11-18/h4-13,17,20-22,27H,14-16H2,1-3H3,(H,25,28)/t20-,21+,22+/m1/s1. The SMILES string of the molecule is CC(C)(C)OC(=O)N[C@@H](Cc1ccccc1)[C@@H](O)C[C@H](C=O)Cc1ccccc1. The molecule has 29 heavy (non-hydrogen) atoms. The lowest BCUT2D eigenvalue weighted by Gasteiger charge is -2.28. The molecule has 0 radical (unpaired) electrons. The number of amides is 1. The summed E-state index contributed by atoms with van der Waals surface area (Å²) in [6.45, 7) is 5.37. The normalized spacial score (nSPS) is 14.5. The van der Waals surface area contributed by atoms with E-state index in [1.807, 2.05) is 60.7 Å². The molecule has 0 saturated carbocycles. The Hall–Kier alpha value is -2.66. The number of carbonyl (C=O) groups excluding carboxylic acids is 2. The Labute approximate surface area is 173 Å². The first-order chi connectivity index (χ1) is 13.8. The van der Waals surface area contributed by atoms with Crippen molar-refractivity contribution in [2.45, 2.75) is 57.8 Å². The highest BCUT2D eigenvalue weighted by Crippen LogP contribution is 2.17. The van der Waals surface area contributed by atoms with Gasteiger partial charge in [0.15, 0.2) is 0 Å². The molecule has 0 spiro atoms. The first kappa shape index (κ1) is 22.6. The zero-order chi connectivity index (χ0) is 21.3. The molecular formula is C24H31NO4. The van der Waals surface area contributed by atoms with E-state index in [0.29, 0.717) is 12.8 Å². The first-order valence-corrected chi connectivity index (χ1v) is 9.97. The van der Waals surface area contributed by atoms with Crippen LogP contribution in [-0.4, -0.2) is 35.2 Å². The van der Waals surface area contributed by atoms with Gasteiger partial charge in [0.25, 0.3) is 0 Å². The zero-order valence-electron chi connectivity index (χ0n) is 17.4. The lowest BCUT2D eigenvalue weighted by atomic mass is 9.90. The summed E-state index contributed by atoms with van der Waals surface area (Å²) in [5.41, 5.74) is 1.39. The number of carbonyl (C=O) groups is 2. The molecule has 0 aliphatic rings. The van der Waals surface area contributed by atoms with Crippen LogP contribution >= 0.6 is 0 Å². The van der Waals surface area contributed by atoms with Crippen LogP contribution in [0.5, 0.6) is 0 Å². The van der Waals surface area contributed by atoms with Gasteiger partial charge < -0.3 is 20.0 Å². The first-order valence-electron chi connectivity index (χ1n) is 9.97. The number of rotatable bonds is 9. The van der Waals surface area contributed by atoms with Crippen molar-refractivity contribution in [1.82, 2.24) is 5.32 Å². The molecule has 0 bridgehead atoms. The molecule has 0 fully saturated rings. The average molecular weight is 398 g/mol. The molecule has 0 heterocycles. The Morgan fingerprint density at radius 2 is 1.52 bits per heavy atom. The van der Waals surface area contributed by atoms with Crippen LogP contribution in [0.2, 0.25) is 0 Å². The van der Waals surface area contributed by atoms with Gasteiger partial charge in [-0.05, 0) is 51.2 Å². The number of aldehydes is 1. The molecule has 0 aliphatic carbocycles. The van der Waals surface area contributed by atoms with Crippen molar-refractivity contribution in [3.05, 3.63) is 71.8 Å². The second kappa shape index (κ2) is 10.8.